The Labute approximate surface area is 169 Å². The SMILES string of the molecule is CCNC(=O)COc1ccc(/C=C/C(=O)c2ccc3c(c2)OCCO3)cc1OC. The van der Waals surface area contributed by atoms with Gasteiger partial charge in [-0.25, -0.2) is 0 Å². The lowest BCUT2D eigenvalue weighted by atomic mass is 10.1. The van der Waals surface area contributed by atoms with Crippen LogP contribution in [0.15, 0.2) is 42.5 Å². The smallest absolute Gasteiger partial charge is 0.257 e. The zero-order chi connectivity index (χ0) is 20.6. The maximum Gasteiger partial charge on any atom is 0.257 e. The molecule has 1 amide bonds. The van der Waals surface area contributed by atoms with Crippen LogP contribution in [0, 0.1) is 0 Å². The van der Waals surface area contributed by atoms with Crippen molar-refractivity contribution in [1.82, 2.24) is 5.32 Å². The van der Waals surface area contributed by atoms with Crippen LogP contribution in [0.5, 0.6) is 23.0 Å². The number of likely N-dealkylation sites (N-methyl/N-ethyl adjacent to an activating group) is 1. The molecule has 152 valence electrons. The number of methoxy groups -OCH3 is 1. The number of allylic oxidation sites excluding steroid dienone is 1. The third-order valence-corrected chi connectivity index (χ3v) is 4.17. The average molecular weight is 397 g/mol. The van der Waals surface area contributed by atoms with E-state index >= 15 is 0 Å². The number of amides is 1. The molecule has 0 aliphatic carbocycles. The van der Waals surface area contributed by atoms with Gasteiger partial charge >= 0.3 is 0 Å². The molecule has 1 heterocycles. The van der Waals surface area contributed by atoms with Gasteiger partial charge in [-0.05, 0) is 48.9 Å². The summed E-state index contributed by atoms with van der Waals surface area (Å²) >= 11 is 0. The molecular weight excluding hydrogens is 374 g/mol. The quantitative estimate of drug-likeness (QED) is 0.545. The second-order valence-electron chi connectivity index (χ2n) is 6.21. The minimum Gasteiger partial charge on any atom is -0.493 e. The lowest BCUT2D eigenvalue weighted by Crippen LogP contribution is -2.28. The number of fused-ring (bicyclic) bond motifs is 1. The highest BCUT2D eigenvalue weighted by molar-refractivity contribution is 6.07. The van der Waals surface area contributed by atoms with Crippen LogP contribution in [0.4, 0.5) is 0 Å². The predicted octanol–water partition coefficient (Wildman–Crippen LogP) is 2.88. The van der Waals surface area contributed by atoms with E-state index in [-0.39, 0.29) is 18.3 Å². The van der Waals surface area contributed by atoms with E-state index in [9.17, 15) is 9.59 Å². The Bertz CT molecular complexity index is 922. The van der Waals surface area contributed by atoms with Gasteiger partial charge in [-0.3, -0.25) is 9.59 Å². The topological polar surface area (TPSA) is 83.1 Å². The van der Waals surface area contributed by atoms with E-state index in [1.807, 2.05) is 6.92 Å². The van der Waals surface area contributed by atoms with E-state index in [2.05, 4.69) is 5.32 Å². The number of hydrogen-bond donors (Lipinski definition) is 1. The monoisotopic (exact) mass is 397 g/mol. The lowest BCUT2D eigenvalue weighted by molar-refractivity contribution is -0.123. The second-order valence-corrected chi connectivity index (χ2v) is 6.21. The number of carbonyl (C=O) groups excluding carboxylic acids is 2. The minimum atomic E-state index is -0.205. The van der Waals surface area contributed by atoms with E-state index in [0.29, 0.717) is 48.3 Å². The first kappa shape index (κ1) is 20.3. The molecule has 0 aromatic heterocycles. The Hall–Kier alpha value is -3.48. The number of carbonyl (C=O) groups is 2. The lowest BCUT2D eigenvalue weighted by Gasteiger charge is -2.18. The first-order valence-corrected chi connectivity index (χ1v) is 9.30. The number of ketones is 1. The minimum absolute atomic E-state index is 0.0953. The largest absolute Gasteiger partial charge is 0.493 e. The maximum atomic E-state index is 12.5. The third-order valence-electron chi connectivity index (χ3n) is 4.17. The fourth-order valence-electron chi connectivity index (χ4n) is 2.76. The fraction of sp³-hybridized carbons (Fsp3) is 0.273. The Balaban J connectivity index is 1.68. The second kappa shape index (κ2) is 9.64. The summed E-state index contributed by atoms with van der Waals surface area (Å²) in [6.07, 6.45) is 3.17. The van der Waals surface area contributed by atoms with Crippen LogP contribution >= 0.6 is 0 Å². The molecule has 0 bridgehead atoms. The summed E-state index contributed by atoms with van der Waals surface area (Å²) in [5, 5.41) is 2.66. The molecule has 2 aromatic carbocycles. The van der Waals surface area contributed by atoms with E-state index in [4.69, 9.17) is 18.9 Å². The molecule has 0 spiro atoms. The maximum absolute atomic E-state index is 12.5. The molecule has 7 heteroatoms. The molecule has 0 unspecified atom stereocenters. The van der Waals surface area contributed by atoms with Gasteiger partial charge in [0.05, 0.1) is 7.11 Å². The highest BCUT2D eigenvalue weighted by atomic mass is 16.6. The molecule has 29 heavy (non-hydrogen) atoms. The van der Waals surface area contributed by atoms with Crippen LogP contribution in [0.25, 0.3) is 6.08 Å². The van der Waals surface area contributed by atoms with Crippen molar-refractivity contribution in [1.29, 1.82) is 0 Å². The Morgan fingerprint density at radius 3 is 2.62 bits per heavy atom. The van der Waals surface area contributed by atoms with Crippen molar-refractivity contribution in [2.45, 2.75) is 6.92 Å². The van der Waals surface area contributed by atoms with Crippen LogP contribution in [-0.2, 0) is 4.79 Å². The summed E-state index contributed by atoms with van der Waals surface area (Å²) in [7, 11) is 1.52. The number of ether oxygens (including phenoxy) is 4. The summed E-state index contributed by atoms with van der Waals surface area (Å²) < 4.78 is 21.8. The number of nitrogens with one attached hydrogen (secondary N) is 1. The Morgan fingerprint density at radius 1 is 1.07 bits per heavy atom. The number of rotatable bonds is 8. The molecule has 3 rings (SSSR count). The molecule has 2 aromatic rings. The molecule has 0 atom stereocenters. The van der Waals surface area contributed by atoms with Crippen molar-refractivity contribution in [2.24, 2.45) is 0 Å². The summed E-state index contributed by atoms with van der Waals surface area (Å²) in [5.74, 6) is 1.79. The summed E-state index contributed by atoms with van der Waals surface area (Å²) in [4.78, 5) is 24.0. The van der Waals surface area contributed by atoms with Crippen molar-refractivity contribution in [3.63, 3.8) is 0 Å². The van der Waals surface area contributed by atoms with Gasteiger partial charge in [0, 0.05) is 12.1 Å². The molecule has 0 fully saturated rings. The van der Waals surface area contributed by atoms with Crippen LogP contribution in [-0.4, -0.2) is 45.2 Å². The van der Waals surface area contributed by atoms with E-state index in [0.717, 1.165) is 5.56 Å². The zero-order valence-electron chi connectivity index (χ0n) is 16.4. The summed E-state index contributed by atoms with van der Waals surface area (Å²) in [5.41, 5.74) is 1.28. The molecule has 1 aliphatic heterocycles. The van der Waals surface area contributed by atoms with Crippen molar-refractivity contribution in [3.05, 3.63) is 53.6 Å². The molecule has 0 saturated heterocycles. The van der Waals surface area contributed by atoms with Gasteiger partial charge in [0.2, 0.25) is 0 Å². The van der Waals surface area contributed by atoms with Crippen molar-refractivity contribution in [3.8, 4) is 23.0 Å². The standard InChI is InChI=1S/C22H23NO6/c1-3-23-22(25)14-29-18-8-5-15(12-20(18)26-2)4-7-17(24)16-6-9-19-21(13-16)28-11-10-27-19/h4-9,12-13H,3,10-11,14H2,1-2H3,(H,23,25)/b7-4+. The van der Waals surface area contributed by atoms with Gasteiger partial charge in [0.1, 0.15) is 13.2 Å². The normalized spacial score (nSPS) is 12.5. The highest BCUT2D eigenvalue weighted by Gasteiger charge is 2.14. The average Bonchev–Trinajstić information content (AvgIpc) is 2.76. The number of hydrogen-bond acceptors (Lipinski definition) is 6. The molecule has 7 nitrogen and oxygen atoms in total. The molecule has 0 saturated carbocycles. The van der Waals surface area contributed by atoms with E-state index < -0.39 is 0 Å². The molecule has 1 N–H and O–H groups in total. The van der Waals surface area contributed by atoms with Crippen LogP contribution in [0.3, 0.4) is 0 Å². The Kier molecular flexibility index (Phi) is 6.73. The van der Waals surface area contributed by atoms with Crippen LogP contribution in [0.1, 0.15) is 22.8 Å². The van der Waals surface area contributed by atoms with Crippen molar-refractivity contribution < 1.29 is 28.5 Å². The molecule has 1 aliphatic rings. The van der Waals surface area contributed by atoms with Gasteiger partial charge in [-0.2, -0.15) is 0 Å². The first-order valence-electron chi connectivity index (χ1n) is 9.30. The van der Waals surface area contributed by atoms with Crippen molar-refractivity contribution in [2.75, 3.05) is 33.5 Å². The van der Waals surface area contributed by atoms with Crippen molar-refractivity contribution >= 4 is 17.8 Å². The van der Waals surface area contributed by atoms with Crippen LogP contribution in [0.2, 0.25) is 0 Å². The van der Waals surface area contributed by atoms with E-state index in [1.54, 1.807) is 42.5 Å². The molecular formula is C22H23NO6. The first-order chi connectivity index (χ1) is 14.1. The summed E-state index contributed by atoms with van der Waals surface area (Å²) in [6.45, 7) is 3.26. The predicted molar refractivity (Wildman–Crippen MR) is 108 cm³/mol. The zero-order valence-corrected chi connectivity index (χ0v) is 16.4. The Morgan fingerprint density at radius 2 is 1.86 bits per heavy atom. The summed E-state index contributed by atoms with van der Waals surface area (Å²) in [6, 6.07) is 10.3. The highest BCUT2D eigenvalue weighted by Crippen LogP contribution is 2.31. The van der Waals surface area contributed by atoms with Gasteiger partial charge < -0.3 is 24.3 Å². The fourth-order valence-corrected chi connectivity index (χ4v) is 2.76. The van der Waals surface area contributed by atoms with Gasteiger partial charge in [-0.1, -0.05) is 12.1 Å². The van der Waals surface area contributed by atoms with Gasteiger partial charge in [-0.15, -0.1) is 0 Å². The molecule has 0 radical (unpaired) electrons. The van der Waals surface area contributed by atoms with Crippen LogP contribution < -0.4 is 24.3 Å². The third kappa shape index (κ3) is 5.28. The van der Waals surface area contributed by atoms with Gasteiger partial charge in [0.25, 0.3) is 5.91 Å². The van der Waals surface area contributed by atoms with Gasteiger partial charge in [0.15, 0.2) is 35.4 Å². The number of benzene rings is 2. The van der Waals surface area contributed by atoms with E-state index in [1.165, 1.54) is 13.2 Å².